The maximum Gasteiger partial charge on any atom is 0.265 e. The average Bonchev–Trinajstić information content (AvgIpc) is 2.83. The summed E-state index contributed by atoms with van der Waals surface area (Å²) in [7, 11) is -3.75. The first-order chi connectivity index (χ1) is 15.8. The second-order valence-electron chi connectivity index (χ2n) is 8.81. The van der Waals surface area contributed by atoms with Crippen molar-refractivity contribution in [1.29, 1.82) is 0 Å². The smallest absolute Gasteiger partial charge is 0.265 e. The van der Waals surface area contributed by atoms with Crippen LogP contribution in [0.4, 0.5) is 11.4 Å². The topological polar surface area (TPSA) is 96.0 Å². The Labute approximate surface area is 193 Å². The second kappa shape index (κ2) is 8.46. The molecule has 0 aliphatic carbocycles. The van der Waals surface area contributed by atoms with Gasteiger partial charge in [0.2, 0.25) is 15.9 Å². The van der Waals surface area contributed by atoms with Gasteiger partial charge in [-0.2, -0.15) is 4.31 Å². The van der Waals surface area contributed by atoms with Crippen molar-refractivity contribution in [3.05, 3.63) is 48.0 Å². The number of amides is 2. The molecule has 1 atom stereocenters. The number of nitrogens with zero attached hydrogens (tertiary/aromatic N) is 2. The Bertz CT molecular complexity index is 1200. The van der Waals surface area contributed by atoms with Crippen molar-refractivity contribution in [3.8, 4) is 5.75 Å². The second-order valence-corrected chi connectivity index (χ2v) is 10.7. The lowest BCUT2D eigenvalue weighted by Crippen LogP contribution is -2.45. The van der Waals surface area contributed by atoms with Crippen molar-refractivity contribution >= 4 is 33.2 Å². The molecule has 2 aromatic carbocycles. The summed E-state index contributed by atoms with van der Waals surface area (Å²) in [5.41, 5.74) is 2.53. The largest absolute Gasteiger partial charge is 0.479 e. The number of hydrogen-bond donors (Lipinski definition) is 1. The van der Waals surface area contributed by atoms with E-state index in [1.807, 2.05) is 23.1 Å². The van der Waals surface area contributed by atoms with Crippen molar-refractivity contribution in [3.63, 3.8) is 0 Å². The van der Waals surface area contributed by atoms with Crippen LogP contribution < -0.4 is 15.0 Å². The zero-order valence-corrected chi connectivity index (χ0v) is 19.3. The van der Waals surface area contributed by atoms with E-state index in [-0.39, 0.29) is 35.7 Å². The monoisotopic (exact) mass is 469 g/mol. The van der Waals surface area contributed by atoms with Crippen molar-refractivity contribution < 1.29 is 22.7 Å². The number of nitrogens with one attached hydrogen (secondary N) is 1. The molecule has 1 fully saturated rings. The van der Waals surface area contributed by atoms with Crippen LogP contribution in [0.25, 0.3) is 0 Å². The average molecular weight is 470 g/mol. The fourth-order valence-corrected chi connectivity index (χ4v) is 6.32. The fraction of sp³-hybridized carbons (Fsp3) is 0.417. The number of sulfonamides is 1. The third kappa shape index (κ3) is 4.00. The molecular weight excluding hydrogens is 442 g/mol. The summed E-state index contributed by atoms with van der Waals surface area (Å²) in [5, 5.41) is 2.69. The third-order valence-electron chi connectivity index (χ3n) is 6.70. The quantitative estimate of drug-likeness (QED) is 0.746. The molecule has 0 aromatic heterocycles. The van der Waals surface area contributed by atoms with Crippen LogP contribution in [0, 0.1) is 5.92 Å². The molecule has 1 saturated heterocycles. The molecule has 0 unspecified atom stereocenters. The molecule has 0 radical (unpaired) electrons. The van der Waals surface area contributed by atoms with Gasteiger partial charge in [-0.05, 0) is 62.4 Å². The molecule has 9 heteroatoms. The molecule has 33 heavy (non-hydrogen) atoms. The van der Waals surface area contributed by atoms with Crippen LogP contribution in [0.1, 0.15) is 31.7 Å². The highest BCUT2D eigenvalue weighted by Crippen LogP contribution is 2.35. The molecule has 1 N–H and O–H groups in total. The Balaban J connectivity index is 1.28. The van der Waals surface area contributed by atoms with Crippen LogP contribution >= 0.6 is 0 Å². The lowest BCUT2D eigenvalue weighted by Gasteiger charge is -2.36. The molecule has 8 nitrogen and oxygen atoms in total. The van der Waals surface area contributed by atoms with Gasteiger partial charge in [0.25, 0.3) is 5.91 Å². The van der Waals surface area contributed by atoms with E-state index in [0.29, 0.717) is 30.8 Å². The van der Waals surface area contributed by atoms with Gasteiger partial charge in [0.15, 0.2) is 6.10 Å². The summed E-state index contributed by atoms with van der Waals surface area (Å²) in [4.78, 5) is 27.1. The minimum atomic E-state index is -3.75. The van der Waals surface area contributed by atoms with Gasteiger partial charge in [-0.25, -0.2) is 8.42 Å². The van der Waals surface area contributed by atoms with Gasteiger partial charge < -0.3 is 15.0 Å². The van der Waals surface area contributed by atoms with Gasteiger partial charge in [0.1, 0.15) is 5.75 Å². The van der Waals surface area contributed by atoms with E-state index in [1.54, 1.807) is 13.0 Å². The van der Waals surface area contributed by atoms with Crippen LogP contribution in [0.3, 0.4) is 0 Å². The number of fused-ring (bicyclic) bond motifs is 2. The highest BCUT2D eigenvalue weighted by molar-refractivity contribution is 7.89. The van der Waals surface area contributed by atoms with E-state index in [4.69, 9.17) is 4.74 Å². The van der Waals surface area contributed by atoms with Crippen LogP contribution in [0.2, 0.25) is 0 Å². The highest BCUT2D eigenvalue weighted by atomic mass is 32.2. The maximum absolute atomic E-state index is 13.3. The number of carbonyl (C=O) groups excluding carboxylic acids is 2. The molecule has 3 aliphatic rings. The standard InChI is InChI=1S/C24H27N3O5S/c1-16-23(28)25-20-15-19(8-9-22(20)32-16)33(30,31)26-13-10-18(11-14-26)24(29)27-12-4-6-17-5-2-3-7-21(17)27/h2-3,5,7-9,15-16,18H,4,6,10-14H2,1H3,(H,25,28)/t16-/m1/s1. The zero-order valence-electron chi connectivity index (χ0n) is 18.5. The third-order valence-corrected chi connectivity index (χ3v) is 8.59. The Morgan fingerprint density at radius 3 is 2.64 bits per heavy atom. The van der Waals surface area contributed by atoms with Crippen LogP contribution in [0.5, 0.6) is 5.75 Å². The Morgan fingerprint density at radius 2 is 1.85 bits per heavy atom. The zero-order chi connectivity index (χ0) is 23.2. The van der Waals surface area contributed by atoms with Crippen LogP contribution in [-0.2, 0) is 26.0 Å². The number of hydrogen-bond acceptors (Lipinski definition) is 5. The van der Waals surface area contributed by atoms with Crippen molar-refractivity contribution in [2.24, 2.45) is 5.92 Å². The Hall–Kier alpha value is -2.91. The van der Waals surface area contributed by atoms with E-state index < -0.39 is 16.1 Å². The molecule has 0 spiro atoms. The number of aryl methyl sites for hydroxylation is 1. The van der Waals surface area contributed by atoms with Gasteiger partial charge in [-0.3, -0.25) is 9.59 Å². The predicted octanol–water partition coefficient (Wildman–Crippen LogP) is 2.79. The van der Waals surface area contributed by atoms with Gasteiger partial charge in [0, 0.05) is 31.2 Å². The molecule has 0 bridgehead atoms. The minimum Gasteiger partial charge on any atom is -0.479 e. The molecule has 0 saturated carbocycles. The van der Waals surface area contributed by atoms with E-state index >= 15 is 0 Å². The number of ether oxygens (including phenoxy) is 1. The normalized spacial score (nSPS) is 21.5. The number of rotatable bonds is 3. The van der Waals surface area contributed by atoms with E-state index in [9.17, 15) is 18.0 Å². The van der Waals surface area contributed by atoms with Gasteiger partial charge >= 0.3 is 0 Å². The van der Waals surface area contributed by atoms with E-state index in [1.165, 1.54) is 22.0 Å². The molecule has 3 aliphatic heterocycles. The maximum atomic E-state index is 13.3. The number of para-hydroxylation sites is 1. The molecular formula is C24H27N3O5S. The van der Waals surface area contributed by atoms with Crippen molar-refractivity contribution in [2.45, 2.75) is 43.6 Å². The van der Waals surface area contributed by atoms with Gasteiger partial charge in [0.05, 0.1) is 10.6 Å². The first kappa shape index (κ1) is 21.9. The van der Waals surface area contributed by atoms with Crippen molar-refractivity contribution in [2.75, 3.05) is 29.9 Å². The first-order valence-corrected chi connectivity index (χ1v) is 12.8. The molecule has 5 rings (SSSR count). The lowest BCUT2D eigenvalue weighted by atomic mass is 9.94. The predicted molar refractivity (Wildman–Crippen MR) is 124 cm³/mol. The molecule has 2 amide bonds. The lowest BCUT2D eigenvalue weighted by molar-refractivity contribution is -0.124. The Kier molecular flexibility index (Phi) is 5.62. The van der Waals surface area contributed by atoms with Crippen LogP contribution in [0.15, 0.2) is 47.4 Å². The van der Waals surface area contributed by atoms with E-state index in [2.05, 4.69) is 11.4 Å². The summed E-state index contributed by atoms with van der Waals surface area (Å²) in [5.74, 6) is 0.0325. The minimum absolute atomic E-state index is 0.0851. The SMILES string of the molecule is C[C@H]1Oc2ccc(S(=O)(=O)N3CCC(C(=O)N4CCCc5ccccc54)CC3)cc2NC1=O. The number of piperidine rings is 1. The van der Waals surface area contributed by atoms with Gasteiger partial charge in [-0.1, -0.05) is 18.2 Å². The Morgan fingerprint density at radius 1 is 1.09 bits per heavy atom. The highest BCUT2D eigenvalue weighted by Gasteiger charge is 2.36. The summed E-state index contributed by atoms with van der Waals surface area (Å²) in [6, 6.07) is 12.5. The van der Waals surface area contributed by atoms with Crippen LogP contribution in [-0.4, -0.2) is 50.3 Å². The van der Waals surface area contributed by atoms with Crippen molar-refractivity contribution in [1.82, 2.24) is 4.31 Å². The fourth-order valence-electron chi connectivity index (χ4n) is 4.82. The number of benzene rings is 2. The van der Waals surface area contributed by atoms with Gasteiger partial charge in [-0.15, -0.1) is 0 Å². The molecule has 3 heterocycles. The summed E-state index contributed by atoms with van der Waals surface area (Å²) >= 11 is 0. The summed E-state index contributed by atoms with van der Waals surface area (Å²) < 4.78 is 33.4. The summed E-state index contributed by atoms with van der Waals surface area (Å²) in [6.07, 6.45) is 2.26. The molecule has 2 aromatic rings. The number of anilines is 2. The molecule has 174 valence electrons. The summed E-state index contributed by atoms with van der Waals surface area (Å²) in [6.45, 7) is 2.91. The van der Waals surface area contributed by atoms with E-state index in [0.717, 1.165) is 18.5 Å². The first-order valence-electron chi connectivity index (χ1n) is 11.4. The number of carbonyl (C=O) groups is 2.